The number of hydrogen-bond donors (Lipinski definition) is 2. The second-order valence-corrected chi connectivity index (χ2v) is 7.47. The summed E-state index contributed by atoms with van der Waals surface area (Å²) in [5.41, 5.74) is 0.439. The lowest BCUT2D eigenvalue weighted by atomic mass is 10.4. The Morgan fingerprint density at radius 2 is 2.12 bits per heavy atom. The fraction of sp³-hybridized carbons (Fsp3) is 0.286. The number of hydrogen-bond acceptors (Lipinski definition) is 7. The molecule has 0 aliphatic rings. The van der Waals surface area contributed by atoms with Crippen molar-refractivity contribution in [3.05, 3.63) is 35.8 Å². The molecule has 0 aromatic carbocycles. The number of thiophene rings is 1. The summed E-state index contributed by atoms with van der Waals surface area (Å²) in [5.74, 6) is -0.0894. The molecule has 0 fully saturated rings. The molecule has 0 saturated heterocycles. The lowest BCUT2D eigenvalue weighted by Gasteiger charge is -2.08. The Hall–Kier alpha value is -2.01. The third kappa shape index (κ3) is 5.57. The molecule has 2 N–H and O–H groups in total. The number of nitrogens with one attached hydrogen (secondary N) is 2. The summed E-state index contributed by atoms with van der Waals surface area (Å²) in [6, 6.07) is 6.31. The highest BCUT2D eigenvalue weighted by molar-refractivity contribution is 7.91. The van der Waals surface area contributed by atoms with Crippen LogP contribution >= 0.6 is 11.3 Å². The molecule has 0 radical (unpaired) electrons. The van der Waals surface area contributed by atoms with E-state index in [-0.39, 0.29) is 10.8 Å². The topological polar surface area (TPSA) is 107 Å². The molecule has 24 heavy (non-hydrogen) atoms. The third-order valence-electron chi connectivity index (χ3n) is 2.74. The standard InChI is InChI=1S/C14H17N3O5S2/c1-21-6-7-22-13-5-4-11(9-15-13)17-12(18)10-16-24(19,20)14-3-2-8-23-14/h2-5,8-9,16H,6-7,10H2,1H3,(H,17,18). The smallest absolute Gasteiger partial charge is 0.250 e. The van der Waals surface area contributed by atoms with E-state index in [0.717, 1.165) is 11.3 Å². The van der Waals surface area contributed by atoms with E-state index < -0.39 is 15.9 Å². The number of nitrogens with zero attached hydrogens (tertiary/aromatic N) is 1. The maximum Gasteiger partial charge on any atom is 0.250 e. The predicted molar refractivity (Wildman–Crippen MR) is 89.7 cm³/mol. The number of carbonyl (C=O) groups is 1. The quantitative estimate of drug-likeness (QED) is 0.639. The van der Waals surface area contributed by atoms with Gasteiger partial charge in [0.2, 0.25) is 11.8 Å². The normalized spacial score (nSPS) is 11.2. The van der Waals surface area contributed by atoms with Crippen molar-refractivity contribution in [2.75, 3.05) is 32.2 Å². The summed E-state index contributed by atoms with van der Waals surface area (Å²) in [4.78, 5) is 15.8. The summed E-state index contributed by atoms with van der Waals surface area (Å²) < 4.78 is 36.4. The fourth-order valence-corrected chi connectivity index (χ4v) is 3.64. The van der Waals surface area contributed by atoms with Gasteiger partial charge >= 0.3 is 0 Å². The highest BCUT2D eigenvalue weighted by Crippen LogP contribution is 2.15. The average molecular weight is 371 g/mol. The molecule has 2 aromatic heterocycles. The molecular weight excluding hydrogens is 354 g/mol. The summed E-state index contributed by atoms with van der Waals surface area (Å²) in [5, 5.41) is 4.20. The molecule has 2 heterocycles. The second-order valence-electron chi connectivity index (χ2n) is 4.53. The van der Waals surface area contributed by atoms with Gasteiger partial charge in [-0.15, -0.1) is 11.3 Å². The largest absolute Gasteiger partial charge is 0.475 e. The Bertz CT molecular complexity index is 745. The average Bonchev–Trinajstić information content (AvgIpc) is 3.10. The van der Waals surface area contributed by atoms with Gasteiger partial charge in [-0.05, 0) is 17.5 Å². The minimum atomic E-state index is -3.66. The monoisotopic (exact) mass is 371 g/mol. The Morgan fingerprint density at radius 3 is 2.75 bits per heavy atom. The van der Waals surface area contributed by atoms with Crippen LogP contribution in [0.2, 0.25) is 0 Å². The van der Waals surface area contributed by atoms with Gasteiger partial charge in [-0.25, -0.2) is 18.1 Å². The molecule has 0 aliphatic heterocycles. The summed E-state index contributed by atoms with van der Waals surface area (Å²) in [6.45, 7) is 0.455. The van der Waals surface area contributed by atoms with Crippen LogP contribution in [0.1, 0.15) is 0 Å². The fourth-order valence-electron chi connectivity index (χ4n) is 1.62. The van der Waals surface area contributed by atoms with Crippen LogP contribution in [0.25, 0.3) is 0 Å². The van der Waals surface area contributed by atoms with Gasteiger partial charge in [0, 0.05) is 13.2 Å². The summed E-state index contributed by atoms with van der Waals surface area (Å²) in [6.07, 6.45) is 1.42. The maximum absolute atomic E-state index is 11.9. The number of methoxy groups -OCH3 is 1. The van der Waals surface area contributed by atoms with Crippen LogP contribution in [0.15, 0.2) is 40.1 Å². The molecule has 10 heteroatoms. The van der Waals surface area contributed by atoms with Crippen LogP contribution in [0.3, 0.4) is 0 Å². The van der Waals surface area contributed by atoms with E-state index >= 15 is 0 Å². The molecule has 0 bridgehead atoms. The van der Waals surface area contributed by atoms with Crippen molar-refractivity contribution in [1.29, 1.82) is 0 Å². The van der Waals surface area contributed by atoms with Crippen molar-refractivity contribution < 1.29 is 22.7 Å². The van der Waals surface area contributed by atoms with Gasteiger partial charge < -0.3 is 14.8 Å². The minimum absolute atomic E-state index is 0.162. The van der Waals surface area contributed by atoms with Crippen molar-refractivity contribution in [3.8, 4) is 5.88 Å². The number of amides is 1. The SMILES string of the molecule is COCCOc1ccc(NC(=O)CNS(=O)(=O)c2cccs2)cn1. The van der Waals surface area contributed by atoms with Gasteiger partial charge in [0.15, 0.2) is 0 Å². The molecule has 130 valence electrons. The van der Waals surface area contributed by atoms with E-state index in [1.54, 1.807) is 30.7 Å². The Labute approximate surface area is 143 Å². The number of aromatic nitrogens is 1. The number of anilines is 1. The van der Waals surface area contributed by atoms with Crippen LogP contribution < -0.4 is 14.8 Å². The Morgan fingerprint density at radius 1 is 1.29 bits per heavy atom. The number of ether oxygens (including phenoxy) is 2. The van der Waals surface area contributed by atoms with Crippen LogP contribution in [-0.4, -0.2) is 46.2 Å². The highest BCUT2D eigenvalue weighted by Gasteiger charge is 2.16. The van der Waals surface area contributed by atoms with Gasteiger partial charge in [0.1, 0.15) is 10.8 Å². The van der Waals surface area contributed by atoms with Gasteiger partial charge in [0.25, 0.3) is 10.0 Å². The predicted octanol–water partition coefficient (Wildman–Crippen LogP) is 1.09. The lowest BCUT2D eigenvalue weighted by Crippen LogP contribution is -2.32. The van der Waals surface area contributed by atoms with Crippen molar-refractivity contribution >= 4 is 33.0 Å². The van der Waals surface area contributed by atoms with E-state index in [1.165, 1.54) is 12.3 Å². The molecular formula is C14H17N3O5S2. The molecule has 0 atom stereocenters. The highest BCUT2D eigenvalue weighted by atomic mass is 32.2. The maximum atomic E-state index is 11.9. The van der Waals surface area contributed by atoms with Crippen LogP contribution in [0.4, 0.5) is 5.69 Å². The lowest BCUT2D eigenvalue weighted by molar-refractivity contribution is -0.115. The Balaban J connectivity index is 1.82. The zero-order valence-corrected chi connectivity index (χ0v) is 14.5. The molecule has 8 nitrogen and oxygen atoms in total. The first kappa shape index (κ1) is 18.3. The first-order valence-electron chi connectivity index (χ1n) is 6.92. The summed E-state index contributed by atoms with van der Waals surface area (Å²) >= 11 is 1.08. The zero-order valence-electron chi connectivity index (χ0n) is 12.9. The third-order valence-corrected chi connectivity index (χ3v) is 5.54. The molecule has 2 aromatic rings. The molecule has 2 rings (SSSR count). The number of carbonyl (C=O) groups excluding carboxylic acids is 1. The van der Waals surface area contributed by atoms with E-state index in [4.69, 9.17) is 9.47 Å². The van der Waals surface area contributed by atoms with Gasteiger partial charge in [-0.1, -0.05) is 6.07 Å². The van der Waals surface area contributed by atoms with Gasteiger partial charge in [-0.2, -0.15) is 0 Å². The second kappa shape index (κ2) is 8.73. The van der Waals surface area contributed by atoms with Crippen LogP contribution in [-0.2, 0) is 19.6 Å². The Kier molecular flexibility index (Phi) is 6.67. The van der Waals surface area contributed by atoms with E-state index in [2.05, 4.69) is 15.0 Å². The molecule has 0 saturated carbocycles. The molecule has 0 unspecified atom stereocenters. The van der Waals surface area contributed by atoms with E-state index in [9.17, 15) is 13.2 Å². The van der Waals surface area contributed by atoms with Gasteiger partial charge in [0.05, 0.1) is 25.0 Å². The minimum Gasteiger partial charge on any atom is -0.475 e. The van der Waals surface area contributed by atoms with Crippen molar-refractivity contribution in [2.45, 2.75) is 4.21 Å². The zero-order chi connectivity index (χ0) is 17.4. The number of pyridine rings is 1. The van der Waals surface area contributed by atoms with Crippen LogP contribution in [0.5, 0.6) is 5.88 Å². The molecule has 0 aliphatic carbocycles. The van der Waals surface area contributed by atoms with Crippen molar-refractivity contribution in [1.82, 2.24) is 9.71 Å². The van der Waals surface area contributed by atoms with Gasteiger partial charge in [-0.3, -0.25) is 4.79 Å². The summed E-state index contributed by atoms with van der Waals surface area (Å²) in [7, 11) is -2.09. The molecule has 0 spiro atoms. The van der Waals surface area contributed by atoms with E-state index in [0.29, 0.717) is 24.8 Å². The number of sulfonamides is 1. The molecule has 1 amide bonds. The first-order valence-corrected chi connectivity index (χ1v) is 9.28. The van der Waals surface area contributed by atoms with Crippen molar-refractivity contribution in [3.63, 3.8) is 0 Å². The van der Waals surface area contributed by atoms with Crippen LogP contribution in [0, 0.1) is 0 Å². The number of rotatable bonds is 9. The first-order chi connectivity index (χ1) is 11.5. The van der Waals surface area contributed by atoms with E-state index in [1.807, 2.05) is 0 Å². The van der Waals surface area contributed by atoms with Crippen molar-refractivity contribution in [2.24, 2.45) is 0 Å².